The molecule has 0 aromatic carbocycles. The first kappa shape index (κ1) is 13.5. The summed E-state index contributed by atoms with van der Waals surface area (Å²) in [6.45, 7) is 5.22. The van der Waals surface area contributed by atoms with Gasteiger partial charge >= 0.3 is 0 Å². The van der Waals surface area contributed by atoms with Crippen LogP contribution in [0.3, 0.4) is 0 Å². The molecule has 0 saturated carbocycles. The third-order valence-electron chi connectivity index (χ3n) is 3.23. The Bertz CT molecular complexity index is 301. The van der Waals surface area contributed by atoms with E-state index in [0.29, 0.717) is 0 Å². The molecule has 0 bridgehead atoms. The van der Waals surface area contributed by atoms with E-state index in [1.165, 1.54) is 0 Å². The van der Waals surface area contributed by atoms with Gasteiger partial charge in [-0.3, -0.25) is 0 Å². The summed E-state index contributed by atoms with van der Waals surface area (Å²) in [5.41, 5.74) is 0.968. The Balaban J connectivity index is 2.58. The molecule has 0 aliphatic carbocycles. The Kier molecular flexibility index (Phi) is 5.22. The second kappa shape index (κ2) is 6.21. The monoisotopic (exact) mass is 286 g/mol. The molecule has 1 aromatic rings. The quantitative estimate of drug-likeness (QED) is 0.790. The molecule has 0 amide bonds. The fourth-order valence-corrected chi connectivity index (χ4v) is 1.78. The van der Waals surface area contributed by atoms with Crippen molar-refractivity contribution in [1.82, 2.24) is 4.98 Å². The fraction of sp³-hybridized carbons (Fsp3) is 0.583. The summed E-state index contributed by atoms with van der Waals surface area (Å²) in [7, 11) is 0. The first-order valence-corrected chi connectivity index (χ1v) is 6.41. The summed E-state index contributed by atoms with van der Waals surface area (Å²) in [5.74, 6) is 0. The average molecular weight is 287 g/mol. The first-order valence-electron chi connectivity index (χ1n) is 5.62. The van der Waals surface area contributed by atoms with Crippen LogP contribution in [-0.2, 0) is 0 Å². The number of pyridine rings is 1. The third kappa shape index (κ3) is 3.46. The van der Waals surface area contributed by atoms with Crippen molar-refractivity contribution < 1.29 is 5.11 Å². The van der Waals surface area contributed by atoms with Crippen molar-refractivity contribution in [2.24, 2.45) is 5.41 Å². The Morgan fingerprint density at radius 2 is 2.06 bits per heavy atom. The maximum atomic E-state index is 9.44. The lowest BCUT2D eigenvalue weighted by Crippen LogP contribution is -2.32. The van der Waals surface area contributed by atoms with Crippen LogP contribution in [-0.4, -0.2) is 23.2 Å². The van der Waals surface area contributed by atoms with E-state index in [9.17, 15) is 5.11 Å². The Morgan fingerprint density at radius 1 is 1.38 bits per heavy atom. The van der Waals surface area contributed by atoms with Gasteiger partial charge in [0.2, 0.25) is 0 Å². The van der Waals surface area contributed by atoms with Crippen LogP contribution in [0.2, 0.25) is 0 Å². The van der Waals surface area contributed by atoms with Gasteiger partial charge in [-0.15, -0.1) is 0 Å². The van der Waals surface area contributed by atoms with Crippen molar-refractivity contribution >= 4 is 21.6 Å². The molecule has 0 unspecified atom stereocenters. The van der Waals surface area contributed by atoms with Crippen LogP contribution in [0.5, 0.6) is 0 Å². The van der Waals surface area contributed by atoms with E-state index in [4.69, 9.17) is 0 Å². The number of aliphatic hydroxyl groups excluding tert-OH is 1. The summed E-state index contributed by atoms with van der Waals surface area (Å²) < 4.78 is 0.831. The number of hydrogen-bond donors (Lipinski definition) is 2. The minimum atomic E-state index is -0.0208. The highest BCUT2D eigenvalue weighted by Gasteiger charge is 2.24. The molecular formula is C12H19BrN2O. The summed E-state index contributed by atoms with van der Waals surface area (Å²) in [5, 5.41) is 12.8. The summed E-state index contributed by atoms with van der Waals surface area (Å²) >= 11 is 3.30. The lowest BCUT2D eigenvalue weighted by atomic mass is 9.83. The van der Waals surface area contributed by atoms with Gasteiger partial charge in [0, 0.05) is 12.0 Å². The van der Waals surface area contributed by atoms with Crippen molar-refractivity contribution in [3.8, 4) is 0 Å². The number of nitrogens with zero attached hydrogens (tertiary/aromatic N) is 1. The minimum Gasteiger partial charge on any atom is -0.396 e. The zero-order chi connectivity index (χ0) is 12.0. The van der Waals surface area contributed by atoms with Crippen molar-refractivity contribution in [2.75, 3.05) is 18.5 Å². The SMILES string of the molecule is CCC(CC)(CO)CNc1ccc(Br)nc1. The predicted molar refractivity (Wildman–Crippen MR) is 70.5 cm³/mol. The van der Waals surface area contributed by atoms with Crippen LogP contribution in [0.4, 0.5) is 5.69 Å². The van der Waals surface area contributed by atoms with E-state index in [1.54, 1.807) is 6.20 Å². The Morgan fingerprint density at radius 3 is 2.50 bits per heavy atom. The predicted octanol–water partition coefficient (Wildman–Crippen LogP) is 3.05. The Labute approximate surface area is 105 Å². The molecule has 0 saturated heterocycles. The van der Waals surface area contributed by atoms with Crippen molar-refractivity contribution in [2.45, 2.75) is 26.7 Å². The molecular weight excluding hydrogens is 268 g/mol. The smallest absolute Gasteiger partial charge is 0.106 e. The van der Waals surface area contributed by atoms with Gasteiger partial charge in [-0.2, -0.15) is 0 Å². The molecule has 0 fully saturated rings. The van der Waals surface area contributed by atoms with Gasteiger partial charge in [-0.25, -0.2) is 4.98 Å². The molecule has 1 heterocycles. The number of hydrogen-bond acceptors (Lipinski definition) is 3. The zero-order valence-electron chi connectivity index (χ0n) is 9.83. The van der Waals surface area contributed by atoms with Gasteiger partial charge in [0.15, 0.2) is 0 Å². The Hall–Kier alpha value is -0.610. The van der Waals surface area contributed by atoms with Crippen LogP contribution in [0.15, 0.2) is 22.9 Å². The maximum absolute atomic E-state index is 9.44. The molecule has 0 atom stereocenters. The molecule has 0 radical (unpaired) electrons. The van der Waals surface area contributed by atoms with Crippen LogP contribution in [0, 0.1) is 5.41 Å². The molecule has 1 aromatic heterocycles. The second-order valence-electron chi connectivity index (χ2n) is 4.09. The number of nitrogens with one attached hydrogen (secondary N) is 1. The topological polar surface area (TPSA) is 45.1 Å². The van der Waals surface area contributed by atoms with Crippen LogP contribution in [0.1, 0.15) is 26.7 Å². The largest absolute Gasteiger partial charge is 0.396 e. The van der Waals surface area contributed by atoms with E-state index in [0.717, 1.165) is 29.7 Å². The zero-order valence-corrected chi connectivity index (χ0v) is 11.4. The molecule has 16 heavy (non-hydrogen) atoms. The molecule has 3 nitrogen and oxygen atoms in total. The van der Waals surface area contributed by atoms with E-state index < -0.39 is 0 Å². The molecule has 90 valence electrons. The molecule has 1 rings (SSSR count). The average Bonchev–Trinajstić information content (AvgIpc) is 2.34. The van der Waals surface area contributed by atoms with E-state index >= 15 is 0 Å². The molecule has 0 aliphatic rings. The molecule has 0 spiro atoms. The van der Waals surface area contributed by atoms with Crippen molar-refractivity contribution in [3.05, 3.63) is 22.9 Å². The number of aliphatic hydroxyl groups is 1. The second-order valence-corrected chi connectivity index (χ2v) is 4.90. The number of aromatic nitrogens is 1. The van der Waals surface area contributed by atoms with Gasteiger partial charge in [0.1, 0.15) is 4.60 Å². The highest BCUT2D eigenvalue weighted by Crippen LogP contribution is 2.26. The standard InChI is InChI=1S/C12H19BrN2O/c1-3-12(4-2,9-16)8-15-10-5-6-11(13)14-7-10/h5-7,15-16H,3-4,8-9H2,1-2H3. The first-order chi connectivity index (χ1) is 7.65. The van der Waals surface area contributed by atoms with Gasteiger partial charge in [-0.05, 0) is 40.9 Å². The third-order valence-corrected chi connectivity index (χ3v) is 3.70. The summed E-state index contributed by atoms with van der Waals surface area (Å²) in [6.07, 6.45) is 3.73. The number of anilines is 1. The van der Waals surface area contributed by atoms with Gasteiger partial charge in [0.25, 0.3) is 0 Å². The normalized spacial score (nSPS) is 11.5. The van der Waals surface area contributed by atoms with Crippen LogP contribution < -0.4 is 5.32 Å². The van der Waals surface area contributed by atoms with E-state index in [-0.39, 0.29) is 12.0 Å². The van der Waals surface area contributed by atoms with E-state index in [1.807, 2.05) is 12.1 Å². The maximum Gasteiger partial charge on any atom is 0.106 e. The lowest BCUT2D eigenvalue weighted by Gasteiger charge is -2.29. The number of rotatable bonds is 6. The highest BCUT2D eigenvalue weighted by atomic mass is 79.9. The van der Waals surface area contributed by atoms with Crippen LogP contribution in [0.25, 0.3) is 0 Å². The van der Waals surface area contributed by atoms with Crippen molar-refractivity contribution in [3.63, 3.8) is 0 Å². The summed E-state index contributed by atoms with van der Waals surface area (Å²) in [4.78, 5) is 4.15. The van der Waals surface area contributed by atoms with E-state index in [2.05, 4.69) is 40.1 Å². The highest BCUT2D eigenvalue weighted by molar-refractivity contribution is 9.10. The van der Waals surface area contributed by atoms with Crippen LogP contribution >= 0.6 is 15.9 Å². The lowest BCUT2D eigenvalue weighted by molar-refractivity contribution is 0.127. The summed E-state index contributed by atoms with van der Waals surface area (Å²) in [6, 6.07) is 3.88. The van der Waals surface area contributed by atoms with Gasteiger partial charge in [-0.1, -0.05) is 13.8 Å². The molecule has 0 aliphatic heterocycles. The van der Waals surface area contributed by atoms with Gasteiger partial charge in [0.05, 0.1) is 18.5 Å². The molecule has 2 N–H and O–H groups in total. The fourth-order valence-electron chi connectivity index (χ4n) is 1.55. The van der Waals surface area contributed by atoms with Gasteiger partial charge < -0.3 is 10.4 Å². The molecule has 4 heteroatoms. The number of halogens is 1. The van der Waals surface area contributed by atoms with Crippen molar-refractivity contribution in [1.29, 1.82) is 0 Å². The minimum absolute atomic E-state index is 0.0208.